The maximum Gasteiger partial charge on any atom is 0.416 e. The van der Waals surface area contributed by atoms with Crippen LogP contribution in [0.3, 0.4) is 0 Å². The Balaban J connectivity index is 1.02. The summed E-state index contributed by atoms with van der Waals surface area (Å²) in [5.74, 6) is 3.14. The average molecular weight is 545 g/mol. The summed E-state index contributed by atoms with van der Waals surface area (Å²) in [6.45, 7) is 3.45. The lowest BCUT2D eigenvalue weighted by molar-refractivity contribution is -0.157. The second-order valence-corrected chi connectivity index (χ2v) is 12.2. The Bertz CT molecular complexity index is 1220. The van der Waals surface area contributed by atoms with Gasteiger partial charge >= 0.3 is 6.18 Å². The van der Waals surface area contributed by atoms with Crippen molar-refractivity contribution in [3.8, 4) is 5.75 Å². The van der Waals surface area contributed by atoms with Gasteiger partial charge in [-0.25, -0.2) is 0 Å². The number of hydrogen-bond acceptors (Lipinski definition) is 5. The molecule has 2 aromatic rings. The third kappa shape index (κ3) is 5.60. The lowest BCUT2D eigenvalue weighted by Gasteiger charge is -2.56. The molecule has 7 rings (SSSR count). The van der Waals surface area contributed by atoms with Crippen molar-refractivity contribution >= 4 is 5.91 Å². The van der Waals surface area contributed by atoms with Crippen LogP contribution >= 0.6 is 0 Å². The Morgan fingerprint density at radius 3 is 2.26 bits per heavy atom. The highest BCUT2D eigenvalue weighted by molar-refractivity contribution is 5.83. The Morgan fingerprint density at radius 2 is 1.64 bits per heavy atom. The number of carbonyl (C=O) groups is 1. The van der Waals surface area contributed by atoms with Crippen LogP contribution in [0.15, 0.2) is 45.8 Å². The van der Waals surface area contributed by atoms with E-state index < -0.39 is 11.7 Å². The fourth-order valence-electron chi connectivity index (χ4n) is 7.84. The zero-order valence-corrected chi connectivity index (χ0v) is 22.0. The Hall–Kier alpha value is -2.81. The molecule has 6 nitrogen and oxygen atoms in total. The van der Waals surface area contributed by atoms with E-state index in [1.165, 1.54) is 43.7 Å². The molecule has 2 heterocycles. The first-order valence-electron chi connectivity index (χ1n) is 14.1. The van der Waals surface area contributed by atoms with Crippen LogP contribution in [-0.4, -0.2) is 41.9 Å². The van der Waals surface area contributed by atoms with Crippen LogP contribution in [0.4, 0.5) is 13.2 Å². The van der Waals surface area contributed by atoms with Gasteiger partial charge in [-0.15, -0.1) is 0 Å². The summed E-state index contributed by atoms with van der Waals surface area (Å²) in [4.78, 5) is 30.7. The van der Waals surface area contributed by atoms with Gasteiger partial charge in [0.05, 0.1) is 17.5 Å². The van der Waals surface area contributed by atoms with Crippen molar-refractivity contribution in [2.75, 3.05) is 26.2 Å². The van der Waals surface area contributed by atoms with Gasteiger partial charge < -0.3 is 14.1 Å². The number of nitrogens with zero attached hydrogens (tertiary/aromatic N) is 2. The van der Waals surface area contributed by atoms with Crippen molar-refractivity contribution < 1.29 is 27.1 Å². The van der Waals surface area contributed by atoms with Gasteiger partial charge in [-0.1, -0.05) is 12.1 Å². The third-order valence-electron chi connectivity index (χ3n) is 9.27. The quantitative estimate of drug-likeness (QED) is 0.482. The lowest BCUT2D eigenvalue weighted by Crippen LogP contribution is -2.55. The first-order chi connectivity index (χ1) is 18.7. The van der Waals surface area contributed by atoms with Gasteiger partial charge in [-0.3, -0.25) is 14.5 Å². The number of amides is 1. The molecule has 0 N–H and O–H groups in total. The molecule has 0 atom stereocenters. The number of alkyl halides is 3. The molecule has 1 aliphatic heterocycles. The minimum Gasteiger partial charge on any atom is -0.482 e. The van der Waals surface area contributed by atoms with Crippen LogP contribution in [0.25, 0.3) is 0 Å². The summed E-state index contributed by atoms with van der Waals surface area (Å²) in [6, 6.07) is 6.04. The molecule has 4 aliphatic carbocycles. The highest BCUT2D eigenvalue weighted by Gasteiger charge is 2.55. The molecule has 39 heavy (non-hydrogen) atoms. The number of carbonyl (C=O) groups excluding carboxylic acids is 1. The first-order valence-corrected chi connectivity index (χ1v) is 14.1. The number of ether oxygens (including phenoxy) is 1. The van der Waals surface area contributed by atoms with E-state index in [0.29, 0.717) is 30.3 Å². The maximum absolute atomic E-state index is 13.8. The van der Waals surface area contributed by atoms with E-state index in [2.05, 4.69) is 9.80 Å². The largest absolute Gasteiger partial charge is 0.482 e. The number of rotatable bonds is 6. The molecule has 1 aromatic carbocycles. The molecule has 9 heteroatoms. The molecule has 0 unspecified atom stereocenters. The molecule has 5 aliphatic rings. The molecule has 210 valence electrons. The van der Waals surface area contributed by atoms with Crippen LogP contribution < -0.4 is 10.2 Å². The Morgan fingerprint density at radius 1 is 0.974 bits per heavy atom. The fourth-order valence-corrected chi connectivity index (χ4v) is 7.84. The maximum atomic E-state index is 13.8. The van der Waals surface area contributed by atoms with Crippen LogP contribution in [-0.2, 0) is 24.1 Å². The standard InChI is InChI=1S/C30H35F3N2O4/c31-30(32,33)24-4-2-20(3-5-24)18-39-27-19-38-25(13-26(27)36)17-34-6-1-7-35(9-8-34)28(37)29-14-21-10-22(15-29)12-23(11-21)16-29/h2-5,13,19,21-23H,1,6-12,14-18H2. The molecule has 5 fully saturated rings. The van der Waals surface area contributed by atoms with E-state index in [4.69, 9.17) is 9.15 Å². The molecule has 0 radical (unpaired) electrons. The van der Waals surface area contributed by atoms with Crippen molar-refractivity contribution in [1.29, 1.82) is 0 Å². The fraction of sp³-hybridized carbons (Fsp3) is 0.600. The van der Waals surface area contributed by atoms with Gasteiger partial charge in [0.25, 0.3) is 0 Å². The van der Waals surface area contributed by atoms with E-state index in [0.717, 1.165) is 75.2 Å². The second-order valence-electron chi connectivity index (χ2n) is 12.2. The first kappa shape index (κ1) is 26.4. The van der Waals surface area contributed by atoms with Crippen molar-refractivity contribution in [3.63, 3.8) is 0 Å². The monoisotopic (exact) mass is 544 g/mol. The van der Waals surface area contributed by atoms with E-state index in [-0.39, 0.29) is 23.2 Å². The summed E-state index contributed by atoms with van der Waals surface area (Å²) < 4.78 is 49.4. The summed E-state index contributed by atoms with van der Waals surface area (Å²) >= 11 is 0. The van der Waals surface area contributed by atoms with Crippen molar-refractivity contribution in [3.05, 3.63) is 63.7 Å². The van der Waals surface area contributed by atoms with Gasteiger partial charge in [0.1, 0.15) is 18.6 Å². The smallest absolute Gasteiger partial charge is 0.416 e. The van der Waals surface area contributed by atoms with Crippen molar-refractivity contribution in [2.45, 2.75) is 64.3 Å². The van der Waals surface area contributed by atoms with Crippen molar-refractivity contribution in [1.82, 2.24) is 9.80 Å². The van der Waals surface area contributed by atoms with Crippen LogP contribution in [0, 0.1) is 23.2 Å². The summed E-state index contributed by atoms with van der Waals surface area (Å²) in [7, 11) is 0. The Labute approximate surface area is 226 Å². The third-order valence-corrected chi connectivity index (χ3v) is 9.27. The molecular formula is C30H35F3N2O4. The van der Waals surface area contributed by atoms with Gasteiger partial charge in [-0.2, -0.15) is 13.2 Å². The highest BCUT2D eigenvalue weighted by Crippen LogP contribution is 2.60. The zero-order valence-electron chi connectivity index (χ0n) is 22.0. The Kier molecular flexibility index (Phi) is 6.98. The number of hydrogen-bond donors (Lipinski definition) is 0. The van der Waals surface area contributed by atoms with Crippen molar-refractivity contribution in [2.24, 2.45) is 23.2 Å². The highest BCUT2D eigenvalue weighted by atomic mass is 19.4. The molecular weight excluding hydrogens is 509 g/mol. The summed E-state index contributed by atoms with van der Waals surface area (Å²) in [5, 5.41) is 0. The van der Waals surface area contributed by atoms with Gasteiger partial charge in [-0.05, 0) is 80.4 Å². The predicted molar refractivity (Wildman–Crippen MR) is 138 cm³/mol. The zero-order chi connectivity index (χ0) is 27.2. The molecule has 1 saturated heterocycles. The van der Waals surface area contributed by atoms with Gasteiger partial charge in [0.15, 0.2) is 0 Å². The van der Waals surface area contributed by atoms with E-state index in [9.17, 15) is 22.8 Å². The minimum absolute atomic E-state index is 0.0156. The van der Waals surface area contributed by atoms with E-state index in [1.807, 2.05) is 0 Å². The predicted octanol–water partition coefficient (Wildman–Crippen LogP) is 5.49. The number of benzene rings is 1. The normalized spacial score (nSPS) is 28.9. The molecule has 4 bridgehead atoms. The summed E-state index contributed by atoms with van der Waals surface area (Å²) in [6.07, 6.45) is 4.97. The number of halogens is 3. The molecule has 4 saturated carbocycles. The molecule has 0 spiro atoms. The van der Waals surface area contributed by atoms with E-state index in [1.54, 1.807) is 0 Å². The van der Waals surface area contributed by atoms with Gasteiger partial charge in [0.2, 0.25) is 17.1 Å². The summed E-state index contributed by atoms with van der Waals surface area (Å²) in [5.41, 5.74) is -0.670. The van der Waals surface area contributed by atoms with Crippen LogP contribution in [0.2, 0.25) is 0 Å². The topological polar surface area (TPSA) is 63.0 Å². The molecule has 1 aromatic heterocycles. The average Bonchev–Trinajstić information content (AvgIpc) is 3.12. The SMILES string of the molecule is O=C(N1CCCN(Cc2cc(=O)c(OCc3ccc(C(F)(F)F)cc3)co2)CC1)C12CC3CC(CC(C3)C1)C2. The molecule has 1 amide bonds. The van der Waals surface area contributed by atoms with Crippen LogP contribution in [0.1, 0.15) is 61.8 Å². The van der Waals surface area contributed by atoms with Crippen LogP contribution in [0.5, 0.6) is 5.75 Å². The second kappa shape index (κ2) is 10.3. The minimum atomic E-state index is -4.40. The lowest BCUT2D eigenvalue weighted by atomic mass is 9.49. The van der Waals surface area contributed by atoms with Gasteiger partial charge in [0, 0.05) is 32.2 Å². The van der Waals surface area contributed by atoms with E-state index >= 15 is 0 Å².